The van der Waals surface area contributed by atoms with Gasteiger partial charge in [-0.15, -0.1) is 0 Å². The van der Waals surface area contributed by atoms with Gasteiger partial charge in [0.15, 0.2) is 0 Å². The summed E-state index contributed by atoms with van der Waals surface area (Å²) in [5.41, 5.74) is 1.99. The lowest BCUT2D eigenvalue weighted by Crippen LogP contribution is -2.23. The largest absolute Gasteiger partial charge is 0.497 e. The fourth-order valence-electron chi connectivity index (χ4n) is 1.99. The minimum atomic E-state index is -0.454. The van der Waals surface area contributed by atoms with Crippen molar-refractivity contribution in [3.05, 3.63) is 65.7 Å². The van der Waals surface area contributed by atoms with Gasteiger partial charge in [-0.05, 0) is 41.5 Å². The molecular formula is C19H21NO4. The minimum Gasteiger partial charge on any atom is -0.497 e. The molecule has 5 heteroatoms. The van der Waals surface area contributed by atoms with Gasteiger partial charge in [-0.25, -0.2) is 4.79 Å². The molecule has 0 saturated heterocycles. The Morgan fingerprint density at radius 1 is 0.958 bits per heavy atom. The number of rotatable bonds is 7. The molecule has 0 aliphatic rings. The fourth-order valence-corrected chi connectivity index (χ4v) is 1.99. The van der Waals surface area contributed by atoms with Crippen molar-refractivity contribution in [1.82, 2.24) is 5.32 Å². The van der Waals surface area contributed by atoms with Gasteiger partial charge >= 0.3 is 6.09 Å². The highest BCUT2D eigenvalue weighted by Crippen LogP contribution is 2.12. The van der Waals surface area contributed by atoms with E-state index in [1.54, 1.807) is 20.3 Å². The molecule has 0 aliphatic heterocycles. The molecular weight excluding hydrogens is 306 g/mol. The number of hydrogen-bond donors (Lipinski definition) is 1. The molecule has 0 unspecified atom stereocenters. The number of alkyl carbamates (subject to hydrolysis) is 1. The Morgan fingerprint density at radius 2 is 1.54 bits per heavy atom. The number of hydrogen-bond acceptors (Lipinski definition) is 4. The first-order valence-corrected chi connectivity index (χ1v) is 7.55. The van der Waals surface area contributed by atoms with Crippen LogP contribution in [-0.2, 0) is 11.3 Å². The summed E-state index contributed by atoms with van der Waals surface area (Å²) < 4.78 is 15.3. The highest BCUT2D eigenvalue weighted by Gasteiger charge is 2.01. The van der Waals surface area contributed by atoms with Crippen molar-refractivity contribution >= 4 is 12.2 Å². The molecule has 126 valence electrons. The zero-order chi connectivity index (χ0) is 17.2. The molecule has 2 rings (SSSR count). The van der Waals surface area contributed by atoms with Crippen LogP contribution in [0.25, 0.3) is 6.08 Å². The van der Waals surface area contributed by atoms with Crippen LogP contribution < -0.4 is 14.8 Å². The van der Waals surface area contributed by atoms with Gasteiger partial charge < -0.3 is 19.5 Å². The maximum Gasteiger partial charge on any atom is 0.407 e. The molecule has 0 heterocycles. The lowest BCUT2D eigenvalue weighted by molar-refractivity contribution is 0.158. The summed E-state index contributed by atoms with van der Waals surface area (Å²) in [7, 11) is 3.24. The molecule has 0 radical (unpaired) electrons. The quantitative estimate of drug-likeness (QED) is 0.843. The van der Waals surface area contributed by atoms with Crippen LogP contribution >= 0.6 is 0 Å². The Kier molecular flexibility index (Phi) is 6.71. The van der Waals surface area contributed by atoms with E-state index in [2.05, 4.69) is 5.32 Å². The standard InChI is InChI=1S/C19H21NO4/c1-22-17-9-5-15(6-10-17)4-3-13-24-19(21)20-14-16-7-11-18(23-2)12-8-16/h3-12H,13-14H2,1-2H3,(H,20,21)/b4-3+. The van der Waals surface area contributed by atoms with E-state index < -0.39 is 6.09 Å². The third-order valence-electron chi connectivity index (χ3n) is 3.33. The average molecular weight is 327 g/mol. The SMILES string of the molecule is COc1ccc(/C=C/COC(=O)NCc2ccc(OC)cc2)cc1. The maximum atomic E-state index is 11.6. The first-order chi connectivity index (χ1) is 11.7. The monoisotopic (exact) mass is 327 g/mol. The Balaban J connectivity index is 1.69. The summed E-state index contributed by atoms with van der Waals surface area (Å²) in [4.78, 5) is 11.6. The van der Waals surface area contributed by atoms with E-state index >= 15 is 0 Å². The Bertz CT molecular complexity index is 663. The van der Waals surface area contributed by atoms with Crippen LogP contribution in [-0.4, -0.2) is 26.9 Å². The molecule has 2 aromatic carbocycles. The van der Waals surface area contributed by atoms with E-state index in [9.17, 15) is 4.79 Å². The third-order valence-corrected chi connectivity index (χ3v) is 3.33. The second-order valence-corrected chi connectivity index (χ2v) is 4.98. The Morgan fingerprint density at radius 3 is 2.12 bits per heavy atom. The molecule has 2 aromatic rings. The molecule has 0 aliphatic carbocycles. The van der Waals surface area contributed by atoms with Crippen LogP contribution in [0.15, 0.2) is 54.6 Å². The Labute approximate surface area is 141 Å². The predicted molar refractivity (Wildman–Crippen MR) is 93.2 cm³/mol. The molecule has 0 saturated carbocycles. The molecule has 0 fully saturated rings. The second-order valence-electron chi connectivity index (χ2n) is 4.98. The van der Waals surface area contributed by atoms with Crippen LogP contribution in [0, 0.1) is 0 Å². The van der Waals surface area contributed by atoms with Gasteiger partial charge in [-0.3, -0.25) is 0 Å². The van der Waals surface area contributed by atoms with Crippen LogP contribution in [0.5, 0.6) is 11.5 Å². The Hall–Kier alpha value is -2.95. The van der Waals surface area contributed by atoms with E-state index in [0.717, 1.165) is 22.6 Å². The molecule has 5 nitrogen and oxygen atoms in total. The molecule has 1 N–H and O–H groups in total. The normalized spacial score (nSPS) is 10.4. The summed E-state index contributed by atoms with van der Waals surface area (Å²) in [6, 6.07) is 15.1. The van der Waals surface area contributed by atoms with E-state index in [-0.39, 0.29) is 6.61 Å². The summed E-state index contributed by atoms with van der Waals surface area (Å²) >= 11 is 0. The summed E-state index contributed by atoms with van der Waals surface area (Å²) in [5, 5.41) is 2.70. The van der Waals surface area contributed by atoms with Crippen LogP contribution in [0.3, 0.4) is 0 Å². The highest BCUT2D eigenvalue weighted by molar-refractivity contribution is 5.67. The number of carbonyl (C=O) groups excluding carboxylic acids is 1. The average Bonchev–Trinajstić information content (AvgIpc) is 2.64. The van der Waals surface area contributed by atoms with E-state index in [1.807, 2.05) is 54.6 Å². The van der Waals surface area contributed by atoms with E-state index in [4.69, 9.17) is 14.2 Å². The highest BCUT2D eigenvalue weighted by atomic mass is 16.5. The predicted octanol–water partition coefficient (Wildman–Crippen LogP) is 3.64. The molecule has 24 heavy (non-hydrogen) atoms. The summed E-state index contributed by atoms with van der Waals surface area (Å²) in [6.07, 6.45) is 3.22. The molecule has 0 aromatic heterocycles. The van der Waals surface area contributed by atoms with Gasteiger partial charge in [0, 0.05) is 6.54 Å². The molecule has 0 spiro atoms. The first-order valence-electron chi connectivity index (χ1n) is 7.55. The lowest BCUT2D eigenvalue weighted by Gasteiger charge is -2.06. The topological polar surface area (TPSA) is 56.8 Å². The number of methoxy groups -OCH3 is 2. The van der Waals surface area contributed by atoms with Crippen molar-refractivity contribution in [2.75, 3.05) is 20.8 Å². The number of ether oxygens (including phenoxy) is 3. The number of nitrogens with one attached hydrogen (secondary N) is 1. The molecule has 0 atom stereocenters. The smallest absolute Gasteiger partial charge is 0.407 e. The summed E-state index contributed by atoms with van der Waals surface area (Å²) in [6.45, 7) is 0.617. The zero-order valence-corrected chi connectivity index (χ0v) is 13.8. The second kappa shape index (κ2) is 9.25. The summed E-state index contributed by atoms with van der Waals surface area (Å²) in [5.74, 6) is 1.59. The van der Waals surface area contributed by atoms with Gasteiger partial charge in [0.1, 0.15) is 18.1 Å². The van der Waals surface area contributed by atoms with E-state index in [1.165, 1.54) is 0 Å². The van der Waals surface area contributed by atoms with Gasteiger partial charge in [-0.2, -0.15) is 0 Å². The minimum absolute atomic E-state index is 0.209. The van der Waals surface area contributed by atoms with Gasteiger partial charge in [-0.1, -0.05) is 30.3 Å². The molecule has 0 bridgehead atoms. The van der Waals surface area contributed by atoms with E-state index in [0.29, 0.717) is 6.54 Å². The van der Waals surface area contributed by atoms with Crippen molar-refractivity contribution in [2.24, 2.45) is 0 Å². The zero-order valence-electron chi connectivity index (χ0n) is 13.8. The maximum absolute atomic E-state index is 11.6. The number of amides is 1. The fraction of sp³-hybridized carbons (Fsp3) is 0.211. The first kappa shape index (κ1) is 17.4. The van der Waals surface area contributed by atoms with Crippen LogP contribution in [0.1, 0.15) is 11.1 Å². The number of benzene rings is 2. The lowest BCUT2D eigenvalue weighted by atomic mass is 10.2. The van der Waals surface area contributed by atoms with Crippen LogP contribution in [0.2, 0.25) is 0 Å². The van der Waals surface area contributed by atoms with Gasteiger partial charge in [0.2, 0.25) is 0 Å². The van der Waals surface area contributed by atoms with Gasteiger partial charge in [0.05, 0.1) is 14.2 Å². The number of carbonyl (C=O) groups is 1. The third kappa shape index (κ3) is 5.68. The van der Waals surface area contributed by atoms with Crippen molar-refractivity contribution in [1.29, 1.82) is 0 Å². The van der Waals surface area contributed by atoms with Crippen molar-refractivity contribution in [3.8, 4) is 11.5 Å². The van der Waals surface area contributed by atoms with Crippen molar-refractivity contribution in [2.45, 2.75) is 6.54 Å². The molecule has 1 amide bonds. The van der Waals surface area contributed by atoms with Crippen LogP contribution in [0.4, 0.5) is 4.79 Å². The van der Waals surface area contributed by atoms with Crippen molar-refractivity contribution < 1.29 is 19.0 Å². The van der Waals surface area contributed by atoms with Gasteiger partial charge in [0.25, 0.3) is 0 Å². The van der Waals surface area contributed by atoms with Crippen molar-refractivity contribution in [3.63, 3.8) is 0 Å².